The van der Waals surface area contributed by atoms with E-state index < -0.39 is 0 Å². The van der Waals surface area contributed by atoms with Crippen molar-refractivity contribution in [2.75, 3.05) is 31.5 Å². The summed E-state index contributed by atoms with van der Waals surface area (Å²) >= 11 is 6.11. The van der Waals surface area contributed by atoms with Crippen LogP contribution in [-0.4, -0.2) is 58.0 Å². The van der Waals surface area contributed by atoms with E-state index in [1.54, 1.807) is 21.9 Å². The Bertz CT molecular complexity index is 817. The number of amides is 2. The number of hydrogen-bond acceptors (Lipinski definition) is 5. The van der Waals surface area contributed by atoms with Gasteiger partial charge in [0, 0.05) is 43.8 Å². The maximum Gasteiger partial charge on any atom is 0.274 e. The number of benzene rings is 1. The molecule has 0 spiro atoms. The van der Waals surface area contributed by atoms with Crippen LogP contribution in [0.4, 0.5) is 11.5 Å². The van der Waals surface area contributed by atoms with Gasteiger partial charge < -0.3 is 15.1 Å². The highest BCUT2D eigenvalue weighted by Gasteiger charge is 2.24. The number of aryl methyl sites for hydroxylation is 1. The summed E-state index contributed by atoms with van der Waals surface area (Å²) in [4.78, 5) is 27.3. The fourth-order valence-corrected chi connectivity index (χ4v) is 2.90. The van der Waals surface area contributed by atoms with Crippen LogP contribution in [0, 0.1) is 6.92 Å². The molecule has 0 atom stereocenters. The molecule has 1 aromatic carbocycles. The molecule has 136 valence electrons. The maximum absolute atomic E-state index is 12.5. The molecule has 0 aliphatic carbocycles. The van der Waals surface area contributed by atoms with Gasteiger partial charge in [-0.3, -0.25) is 9.59 Å². The third-order valence-corrected chi connectivity index (χ3v) is 4.75. The van der Waals surface area contributed by atoms with Gasteiger partial charge in [0.05, 0.1) is 0 Å². The smallest absolute Gasteiger partial charge is 0.274 e. The first-order valence-electron chi connectivity index (χ1n) is 8.36. The number of aromatic nitrogens is 2. The van der Waals surface area contributed by atoms with Crippen LogP contribution >= 0.6 is 11.6 Å². The topological polar surface area (TPSA) is 78.4 Å². The van der Waals surface area contributed by atoms with Gasteiger partial charge in [0.1, 0.15) is 0 Å². The minimum absolute atomic E-state index is 0.0310. The first kappa shape index (κ1) is 18.1. The number of nitrogens with zero attached hydrogens (tertiary/aromatic N) is 4. The molecule has 3 rings (SSSR count). The average Bonchev–Trinajstić information content (AvgIpc) is 2.65. The zero-order valence-corrected chi connectivity index (χ0v) is 15.5. The molecule has 7 nitrogen and oxygen atoms in total. The van der Waals surface area contributed by atoms with Crippen LogP contribution < -0.4 is 5.32 Å². The van der Waals surface area contributed by atoms with E-state index in [-0.39, 0.29) is 17.5 Å². The first-order chi connectivity index (χ1) is 12.4. The Labute approximate surface area is 157 Å². The number of carbonyl (C=O) groups is 2. The van der Waals surface area contributed by atoms with Gasteiger partial charge >= 0.3 is 0 Å². The van der Waals surface area contributed by atoms with Crippen LogP contribution in [0.2, 0.25) is 5.02 Å². The molecule has 1 N–H and O–H groups in total. The lowest BCUT2D eigenvalue weighted by Gasteiger charge is -2.33. The zero-order valence-electron chi connectivity index (χ0n) is 14.7. The number of anilines is 2. The normalized spacial score (nSPS) is 14.3. The summed E-state index contributed by atoms with van der Waals surface area (Å²) in [5, 5.41) is 11.9. The van der Waals surface area contributed by atoms with E-state index in [1.807, 2.05) is 25.1 Å². The Morgan fingerprint density at radius 1 is 1.04 bits per heavy atom. The Hall–Kier alpha value is -2.67. The lowest BCUT2D eigenvalue weighted by molar-refractivity contribution is -0.130. The summed E-state index contributed by atoms with van der Waals surface area (Å²) in [6, 6.07) is 8.98. The SMILES string of the molecule is CC(=O)N1CCN(C(=O)c2ccc(Nc3ccc(C)c(Cl)c3)nn2)CC1. The van der Waals surface area contributed by atoms with Gasteiger partial charge in [-0.15, -0.1) is 10.2 Å². The second-order valence-electron chi connectivity index (χ2n) is 6.19. The standard InChI is InChI=1S/C18H20ClN5O2/c1-12-3-4-14(11-15(12)19)20-17-6-5-16(21-22-17)18(26)24-9-7-23(8-10-24)13(2)25/h3-6,11H,7-10H2,1-2H3,(H,20,22). The van der Waals surface area contributed by atoms with Gasteiger partial charge in [-0.25, -0.2) is 0 Å². The van der Waals surface area contributed by atoms with Crippen molar-refractivity contribution < 1.29 is 9.59 Å². The monoisotopic (exact) mass is 373 g/mol. The predicted octanol–water partition coefficient (Wildman–Crippen LogP) is 2.49. The largest absolute Gasteiger partial charge is 0.339 e. The van der Waals surface area contributed by atoms with E-state index in [4.69, 9.17) is 11.6 Å². The highest BCUT2D eigenvalue weighted by atomic mass is 35.5. The molecule has 0 saturated carbocycles. The number of rotatable bonds is 3. The second-order valence-corrected chi connectivity index (χ2v) is 6.60. The molecule has 0 unspecified atom stereocenters. The van der Waals surface area contributed by atoms with E-state index in [0.717, 1.165) is 11.3 Å². The Kier molecular flexibility index (Phi) is 5.37. The molecule has 0 bridgehead atoms. The fourth-order valence-electron chi connectivity index (χ4n) is 2.72. The second kappa shape index (κ2) is 7.70. The summed E-state index contributed by atoms with van der Waals surface area (Å²) in [6.07, 6.45) is 0. The summed E-state index contributed by atoms with van der Waals surface area (Å²) in [6.45, 7) is 5.56. The summed E-state index contributed by atoms with van der Waals surface area (Å²) < 4.78 is 0. The molecule has 1 aliphatic heterocycles. The molecule has 8 heteroatoms. The average molecular weight is 374 g/mol. The zero-order chi connectivity index (χ0) is 18.7. The number of hydrogen-bond donors (Lipinski definition) is 1. The van der Waals surface area contributed by atoms with Gasteiger partial charge in [0.15, 0.2) is 11.5 Å². The maximum atomic E-state index is 12.5. The van der Waals surface area contributed by atoms with E-state index in [2.05, 4.69) is 15.5 Å². The number of halogens is 1. The molecule has 2 heterocycles. The molecule has 0 radical (unpaired) electrons. The van der Waals surface area contributed by atoms with Crippen molar-refractivity contribution >= 4 is 34.9 Å². The number of piperazine rings is 1. The molecular formula is C18H20ClN5O2. The lowest BCUT2D eigenvalue weighted by Crippen LogP contribution is -2.50. The van der Waals surface area contributed by atoms with Crippen molar-refractivity contribution in [1.82, 2.24) is 20.0 Å². The molecule has 2 aromatic rings. The fraction of sp³-hybridized carbons (Fsp3) is 0.333. The van der Waals surface area contributed by atoms with E-state index in [0.29, 0.717) is 37.0 Å². The van der Waals surface area contributed by atoms with Crippen LogP contribution in [0.25, 0.3) is 0 Å². The Morgan fingerprint density at radius 2 is 1.73 bits per heavy atom. The van der Waals surface area contributed by atoms with Crippen LogP contribution in [0.1, 0.15) is 23.0 Å². The van der Waals surface area contributed by atoms with Crippen molar-refractivity contribution in [2.24, 2.45) is 0 Å². The van der Waals surface area contributed by atoms with Crippen LogP contribution in [0.3, 0.4) is 0 Å². The molecule has 1 aromatic heterocycles. The van der Waals surface area contributed by atoms with Crippen molar-refractivity contribution in [3.05, 3.63) is 46.6 Å². The quantitative estimate of drug-likeness (QED) is 0.894. The highest BCUT2D eigenvalue weighted by Crippen LogP contribution is 2.22. The minimum atomic E-state index is -0.175. The molecule has 2 amide bonds. The minimum Gasteiger partial charge on any atom is -0.339 e. The van der Waals surface area contributed by atoms with Gasteiger partial charge in [-0.1, -0.05) is 17.7 Å². The van der Waals surface area contributed by atoms with Crippen molar-refractivity contribution in [3.63, 3.8) is 0 Å². The molecular weight excluding hydrogens is 354 g/mol. The molecule has 1 aliphatic rings. The lowest BCUT2D eigenvalue weighted by atomic mass is 10.2. The number of carbonyl (C=O) groups excluding carboxylic acids is 2. The van der Waals surface area contributed by atoms with Crippen LogP contribution in [0.5, 0.6) is 0 Å². The van der Waals surface area contributed by atoms with Gasteiger partial charge in [0.2, 0.25) is 5.91 Å². The van der Waals surface area contributed by atoms with Crippen LogP contribution in [0.15, 0.2) is 30.3 Å². The highest BCUT2D eigenvalue weighted by molar-refractivity contribution is 6.31. The van der Waals surface area contributed by atoms with Crippen molar-refractivity contribution in [1.29, 1.82) is 0 Å². The van der Waals surface area contributed by atoms with E-state index >= 15 is 0 Å². The van der Waals surface area contributed by atoms with Crippen molar-refractivity contribution in [3.8, 4) is 0 Å². The van der Waals surface area contributed by atoms with E-state index in [1.165, 1.54) is 6.92 Å². The summed E-state index contributed by atoms with van der Waals surface area (Å²) in [5.41, 5.74) is 2.08. The van der Waals surface area contributed by atoms with Crippen molar-refractivity contribution in [2.45, 2.75) is 13.8 Å². The third kappa shape index (κ3) is 4.11. The molecule has 1 saturated heterocycles. The van der Waals surface area contributed by atoms with Gasteiger partial charge in [-0.05, 0) is 36.8 Å². The Balaban J connectivity index is 1.63. The predicted molar refractivity (Wildman–Crippen MR) is 99.7 cm³/mol. The Morgan fingerprint density at radius 3 is 2.31 bits per heavy atom. The first-order valence-corrected chi connectivity index (χ1v) is 8.73. The molecule has 1 fully saturated rings. The summed E-state index contributed by atoms with van der Waals surface area (Å²) in [5.74, 6) is 0.386. The van der Waals surface area contributed by atoms with Crippen LogP contribution in [-0.2, 0) is 4.79 Å². The summed E-state index contributed by atoms with van der Waals surface area (Å²) in [7, 11) is 0. The van der Waals surface area contributed by atoms with Gasteiger partial charge in [0.25, 0.3) is 5.91 Å². The molecule has 26 heavy (non-hydrogen) atoms. The van der Waals surface area contributed by atoms with Gasteiger partial charge in [-0.2, -0.15) is 0 Å². The third-order valence-electron chi connectivity index (χ3n) is 4.34. The number of nitrogens with one attached hydrogen (secondary N) is 1. The van der Waals surface area contributed by atoms with E-state index in [9.17, 15) is 9.59 Å².